The summed E-state index contributed by atoms with van der Waals surface area (Å²) < 4.78 is 1.91. The van der Waals surface area contributed by atoms with Crippen LogP contribution in [0.15, 0.2) is 42.9 Å². The molecule has 0 spiro atoms. The molecule has 2 aromatic rings. The van der Waals surface area contributed by atoms with Gasteiger partial charge in [-0.2, -0.15) is 0 Å². The molecule has 0 unspecified atom stereocenters. The summed E-state index contributed by atoms with van der Waals surface area (Å²) in [6.07, 6.45) is 4.85. The molecule has 1 aromatic heterocycles. The molecule has 2 heterocycles. The largest absolute Gasteiger partial charge is 0.480 e. The number of carbonyl (C=O) groups is 1. The van der Waals surface area contributed by atoms with Crippen molar-refractivity contribution in [2.75, 3.05) is 13.1 Å². The number of hydrogen-bond donors (Lipinski definition) is 2. The highest BCUT2D eigenvalue weighted by atomic mass is 16.4. The zero-order chi connectivity index (χ0) is 15.5. The summed E-state index contributed by atoms with van der Waals surface area (Å²) in [5.41, 5.74) is 7.67. The van der Waals surface area contributed by atoms with E-state index in [1.165, 1.54) is 0 Å². The van der Waals surface area contributed by atoms with Crippen molar-refractivity contribution >= 4 is 5.97 Å². The zero-order valence-electron chi connectivity index (χ0n) is 12.3. The Balaban J connectivity index is 1.74. The first kappa shape index (κ1) is 14.7. The topological polar surface area (TPSA) is 84.4 Å². The fraction of sp³-hybridized carbons (Fsp3) is 0.375. The normalized spacial score (nSPS) is 20.1. The average molecular weight is 300 g/mol. The summed E-state index contributed by atoms with van der Waals surface area (Å²) in [5.74, 6) is -0.816. The number of aliphatic carboxylic acids is 1. The fourth-order valence-electron chi connectivity index (χ4n) is 2.88. The molecule has 0 saturated carbocycles. The number of nitrogens with zero attached hydrogens (tertiary/aromatic N) is 3. The molecule has 6 nitrogen and oxygen atoms in total. The second kappa shape index (κ2) is 6.29. The first-order valence-electron chi connectivity index (χ1n) is 7.44. The third kappa shape index (κ3) is 3.18. The molecule has 0 bridgehead atoms. The van der Waals surface area contributed by atoms with Gasteiger partial charge in [-0.05, 0) is 18.6 Å². The van der Waals surface area contributed by atoms with Gasteiger partial charge in [-0.1, -0.05) is 18.2 Å². The SMILES string of the molecule is N[C@H]1CCN([C@@H](Cc2cn(-c3ccccc3)cn2)C(=O)O)C1. The zero-order valence-corrected chi connectivity index (χ0v) is 12.3. The van der Waals surface area contributed by atoms with Gasteiger partial charge in [0.1, 0.15) is 6.04 Å². The van der Waals surface area contributed by atoms with Gasteiger partial charge >= 0.3 is 5.97 Å². The molecule has 1 aliphatic rings. The van der Waals surface area contributed by atoms with E-state index in [0.717, 1.165) is 24.3 Å². The second-order valence-electron chi connectivity index (χ2n) is 5.71. The number of hydrogen-bond acceptors (Lipinski definition) is 4. The Morgan fingerprint density at radius 1 is 1.41 bits per heavy atom. The van der Waals surface area contributed by atoms with Crippen LogP contribution >= 0.6 is 0 Å². The van der Waals surface area contributed by atoms with E-state index in [1.807, 2.05) is 46.0 Å². The highest BCUT2D eigenvalue weighted by molar-refractivity contribution is 5.74. The van der Waals surface area contributed by atoms with Crippen molar-refractivity contribution in [3.05, 3.63) is 48.5 Å². The van der Waals surface area contributed by atoms with Crippen LogP contribution in [-0.4, -0.2) is 50.7 Å². The lowest BCUT2D eigenvalue weighted by atomic mass is 10.1. The molecule has 0 amide bonds. The standard InChI is InChI=1S/C16H20N4O2/c17-12-6-7-19(9-12)15(16(21)22)8-13-10-20(11-18-13)14-4-2-1-3-5-14/h1-5,10-12,15H,6-9,17H2,(H,21,22)/t12-,15-/m0/s1. The van der Waals surface area contributed by atoms with Gasteiger partial charge in [0.15, 0.2) is 0 Å². The number of aromatic nitrogens is 2. The van der Waals surface area contributed by atoms with Crippen molar-refractivity contribution in [1.82, 2.24) is 14.5 Å². The van der Waals surface area contributed by atoms with Crippen LogP contribution in [0.2, 0.25) is 0 Å². The third-order valence-corrected chi connectivity index (χ3v) is 4.07. The molecular formula is C16H20N4O2. The summed E-state index contributed by atoms with van der Waals surface area (Å²) in [6, 6.07) is 9.36. The van der Waals surface area contributed by atoms with Crippen LogP contribution in [0, 0.1) is 0 Å². The van der Waals surface area contributed by atoms with Crippen LogP contribution < -0.4 is 5.73 Å². The molecular weight excluding hydrogens is 280 g/mol. The smallest absolute Gasteiger partial charge is 0.321 e. The van der Waals surface area contributed by atoms with Gasteiger partial charge in [-0.15, -0.1) is 0 Å². The maximum absolute atomic E-state index is 11.6. The van der Waals surface area contributed by atoms with Gasteiger partial charge in [0.05, 0.1) is 12.0 Å². The van der Waals surface area contributed by atoms with E-state index in [1.54, 1.807) is 6.33 Å². The van der Waals surface area contributed by atoms with E-state index in [9.17, 15) is 9.90 Å². The first-order valence-corrected chi connectivity index (χ1v) is 7.44. The summed E-state index contributed by atoms with van der Waals surface area (Å²) in [4.78, 5) is 17.8. The maximum Gasteiger partial charge on any atom is 0.321 e. The highest BCUT2D eigenvalue weighted by Gasteiger charge is 2.31. The van der Waals surface area contributed by atoms with E-state index in [-0.39, 0.29) is 6.04 Å². The number of carboxylic acids is 1. The molecule has 0 radical (unpaired) electrons. The van der Waals surface area contributed by atoms with Crippen LogP contribution in [0.5, 0.6) is 0 Å². The monoisotopic (exact) mass is 300 g/mol. The summed E-state index contributed by atoms with van der Waals surface area (Å²) >= 11 is 0. The van der Waals surface area contributed by atoms with Crippen molar-refractivity contribution in [3.8, 4) is 5.69 Å². The molecule has 3 rings (SSSR count). The Kier molecular flexibility index (Phi) is 4.22. The fourth-order valence-corrected chi connectivity index (χ4v) is 2.88. The lowest BCUT2D eigenvalue weighted by molar-refractivity contribution is -0.142. The summed E-state index contributed by atoms with van der Waals surface area (Å²) in [5, 5.41) is 9.49. The minimum absolute atomic E-state index is 0.0729. The van der Waals surface area contributed by atoms with Crippen LogP contribution in [0.1, 0.15) is 12.1 Å². The first-order chi connectivity index (χ1) is 10.6. The molecule has 1 saturated heterocycles. The number of benzene rings is 1. The minimum atomic E-state index is -0.816. The molecule has 1 fully saturated rings. The Labute approximate surface area is 129 Å². The number of likely N-dealkylation sites (tertiary alicyclic amines) is 1. The van der Waals surface area contributed by atoms with Crippen molar-refractivity contribution in [3.63, 3.8) is 0 Å². The van der Waals surface area contributed by atoms with Gasteiger partial charge in [0, 0.05) is 37.4 Å². The number of carboxylic acid groups (broad SMARTS) is 1. The number of nitrogens with two attached hydrogens (primary N) is 1. The van der Waals surface area contributed by atoms with E-state index in [2.05, 4.69) is 4.98 Å². The summed E-state index contributed by atoms with van der Waals surface area (Å²) in [7, 11) is 0. The van der Waals surface area contributed by atoms with E-state index in [4.69, 9.17) is 5.73 Å². The Hall–Kier alpha value is -2.18. The van der Waals surface area contributed by atoms with Gasteiger partial charge < -0.3 is 15.4 Å². The van der Waals surface area contributed by atoms with Crippen molar-refractivity contribution in [1.29, 1.82) is 0 Å². The highest BCUT2D eigenvalue weighted by Crippen LogP contribution is 2.16. The van der Waals surface area contributed by atoms with E-state index in [0.29, 0.717) is 13.0 Å². The minimum Gasteiger partial charge on any atom is -0.480 e. The van der Waals surface area contributed by atoms with E-state index >= 15 is 0 Å². The summed E-state index contributed by atoms with van der Waals surface area (Å²) in [6.45, 7) is 1.37. The molecule has 1 aliphatic heterocycles. The Morgan fingerprint density at radius 3 is 2.82 bits per heavy atom. The predicted octanol–water partition coefficient (Wildman–Crippen LogP) is 0.901. The van der Waals surface area contributed by atoms with Gasteiger partial charge in [0.2, 0.25) is 0 Å². The average Bonchev–Trinajstić information content (AvgIpc) is 3.14. The van der Waals surface area contributed by atoms with Gasteiger partial charge in [-0.25, -0.2) is 4.98 Å². The molecule has 22 heavy (non-hydrogen) atoms. The van der Waals surface area contributed by atoms with Crippen molar-refractivity contribution < 1.29 is 9.90 Å². The molecule has 6 heteroatoms. The van der Waals surface area contributed by atoms with Crippen molar-refractivity contribution in [2.24, 2.45) is 5.73 Å². The molecule has 1 aromatic carbocycles. The number of imidazole rings is 1. The van der Waals surface area contributed by atoms with E-state index < -0.39 is 12.0 Å². The number of para-hydroxylation sites is 1. The lowest BCUT2D eigenvalue weighted by Crippen LogP contribution is -2.42. The molecule has 0 aliphatic carbocycles. The molecule has 3 N–H and O–H groups in total. The van der Waals surface area contributed by atoms with Crippen molar-refractivity contribution in [2.45, 2.75) is 24.9 Å². The maximum atomic E-state index is 11.6. The number of rotatable bonds is 5. The van der Waals surface area contributed by atoms with Crippen LogP contribution in [0.4, 0.5) is 0 Å². The Morgan fingerprint density at radius 2 is 2.18 bits per heavy atom. The molecule has 116 valence electrons. The predicted molar refractivity (Wildman–Crippen MR) is 82.9 cm³/mol. The van der Waals surface area contributed by atoms with Gasteiger partial charge in [-0.3, -0.25) is 9.69 Å². The van der Waals surface area contributed by atoms with Crippen LogP contribution in [-0.2, 0) is 11.2 Å². The Bertz CT molecular complexity index is 641. The lowest BCUT2D eigenvalue weighted by Gasteiger charge is -2.23. The molecule has 2 atom stereocenters. The van der Waals surface area contributed by atoms with Crippen LogP contribution in [0.3, 0.4) is 0 Å². The van der Waals surface area contributed by atoms with Crippen LogP contribution in [0.25, 0.3) is 5.69 Å². The second-order valence-corrected chi connectivity index (χ2v) is 5.71. The van der Waals surface area contributed by atoms with Gasteiger partial charge in [0.25, 0.3) is 0 Å². The third-order valence-electron chi connectivity index (χ3n) is 4.07. The quantitative estimate of drug-likeness (QED) is 0.857.